The molecular formula is C18H22N3O2S+. The summed E-state index contributed by atoms with van der Waals surface area (Å²) in [6, 6.07) is 7.89. The van der Waals surface area contributed by atoms with Gasteiger partial charge in [-0.3, -0.25) is 4.79 Å². The standard InChI is InChI=1S/C18H21N3O2S/c1-3-23-12-6-4-11(5-7-12)16-19-17(22)15-13-8-9-21(2)10-14(13)24-18(15)20-16/h4-7,16,20H,3,8-10H2,1-2H3,(H,19,22)/p+1/t16-/m1/s1. The minimum atomic E-state index is -0.189. The fourth-order valence-corrected chi connectivity index (χ4v) is 4.81. The van der Waals surface area contributed by atoms with Crippen molar-refractivity contribution in [3.63, 3.8) is 0 Å². The molecule has 1 aromatic heterocycles. The Bertz CT molecular complexity index is 769. The summed E-state index contributed by atoms with van der Waals surface area (Å²) in [5.74, 6) is 0.890. The molecule has 0 radical (unpaired) electrons. The van der Waals surface area contributed by atoms with E-state index in [9.17, 15) is 4.79 Å². The smallest absolute Gasteiger partial charge is 0.256 e. The van der Waals surface area contributed by atoms with Crippen LogP contribution in [0.4, 0.5) is 5.00 Å². The van der Waals surface area contributed by atoms with Crippen molar-refractivity contribution < 1.29 is 14.4 Å². The number of fused-ring (bicyclic) bond motifs is 3. The van der Waals surface area contributed by atoms with Gasteiger partial charge in [-0.05, 0) is 30.2 Å². The molecule has 2 aliphatic rings. The minimum Gasteiger partial charge on any atom is -0.494 e. The van der Waals surface area contributed by atoms with Gasteiger partial charge in [0.15, 0.2) is 0 Å². The molecule has 0 spiro atoms. The van der Waals surface area contributed by atoms with E-state index in [1.54, 1.807) is 11.3 Å². The molecule has 5 nitrogen and oxygen atoms in total. The molecule has 126 valence electrons. The molecular weight excluding hydrogens is 322 g/mol. The van der Waals surface area contributed by atoms with Gasteiger partial charge in [-0.15, -0.1) is 11.3 Å². The fourth-order valence-electron chi connectivity index (χ4n) is 3.42. The number of hydrogen-bond acceptors (Lipinski definition) is 4. The maximum absolute atomic E-state index is 12.7. The molecule has 2 atom stereocenters. The van der Waals surface area contributed by atoms with Gasteiger partial charge in [-0.1, -0.05) is 12.1 Å². The second kappa shape index (κ2) is 6.11. The highest BCUT2D eigenvalue weighted by Gasteiger charge is 2.33. The van der Waals surface area contributed by atoms with Gasteiger partial charge in [0.25, 0.3) is 5.91 Å². The number of carbonyl (C=O) groups excluding carboxylic acids is 1. The van der Waals surface area contributed by atoms with Crippen LogP contribution in [0, 0.1) is 0 Å². The number of benzene rings is 1. The number of ether oxygens (including phenoxy) is 1. The molecule has 0 saturated carbocycles. The zero-order valence-corrected chi connectivity index (χ0v) is 14.8. The number of nitrogens with one attached hydrogen (secondary N) is 3. The molecule has 1 unspecified atom stereocenters. The molecule has 4 rings (SSSR count). The first-order valence-corrected chi connectivity index (χ1v) is 9.23. The molecule has 3 N–H and O–H groups in total. The lowest BCUT2D eigenvalue weighted by Crippen LogP contribution is -3.08. The van der Waals surface area contributed by atoms with Gasteiger partial charge in [0.05, 0.1) is 30.6 Å². The largest absolute Gasteiger partial charge is 0.494 e. The Morgan fingerprint density at radius 1 is 1.29 bits per heavy atom. The number of hydrogen-bond donors (Lipinski definition) is 3. The third-order valence-electron chi connectivity index (χ3n) is 4.66. The van der Waals surface area contributed by atoms with Gasteiger partial charge in [0.2, 0.25) is 0 Å². The third kappa shape index (κ3) is 2.65. The van der Waals surface area contributed by atoms with E-state index in [2.05, 4.69) is 17.7 Å². The van der Waals surface area contributed by atoms with Crippen molar-refractivity contribution in [1.29, 1.82) is 0 Å². The molecule has 1 amide bonds. The van der Waals surface area contributed by atoms with Crippen LogP contribution in [0.1, 0.15) is 39.5 Å². The van der Waals surface area contributed by atoms with E-state index in [1.165, 1.54) is 15.3 Å². The van der Waals surface area contributed by atoms with Gasteiger partial charge >= 0.3 is 0 Å². The summed E-state index contributed by atoms with van der Waals surface area (Å²) in [5, 5.41) is 7.61. The third-order valence-corrected chi connectivity index (χ3v) is 5.82. The van der Waals surface area contributed by atoms with Crippen LogP contribution in [-0.2, 0) is 13.0 Å². The molecule has 0 fully saturated rings. The predicted octanol–water partition coefficient (Wildman–Crippen LogP) is 1.57. The number of likely N-dealkylation sites (N-methyl/N-ethyl adjacent to an activating group) is 1. The van der Waals surface area contributed by atoms with Gasteiger partial charge in [-0.2, -0.15) is 0 Å². The number of anilines is 1. The minimum absolute atomic E-state index is 0.0414. The van der Waals surface area contributed by atoms with Crippen molar-refractivity contribution >= 4 is 22.2 Å². The van der Waals surface area contributed by atoms with Gasteiger partial charge in [0, 0.05) is 6.42 Å². The van der Waals surface area contributed by atoms with Crippen LogP contribution in [0.3, 0.4) is 0 Å². The van der Waals surface area contributed by atoms with E-state index < -0.39 is 0 Å². The van der Waals surface area contributed by atoms with Gasteiger partial charge in [0.1, 0.15) is 23.5 Å². The lowest BCUT2D eigenvalue weighted by atomic mass is 10.0. The molecule has 6 heteroatoms. The van der Waals surface area contributed by atoms with Crippen LogP contribution in [0.15, 0.2) is 24.3 Å². The SMILES string of the molecule is CCOc1ccc([C@@H]2NC(=O)c3c(sc4c3CC[NH+](C)C4)N2)cc1. The number of quaternary nitrogens is 1. The maximum Gasteiger partial charge on any atom is 0.256 e. The Kier molecular flexibility index (Phi) is 3.94. The molecule has 0 aliphatic carbocycles. The summed E-state index contributed by atoms with van der Waals surface area (Å²) in [6.45, 7) is 4.72. The van der Waals surface area contributed by atoms with Crippen LogP contribution >= 0.6 is 11.3 Å². The quantitative estimate of drug-likeness (QED) is 0.792. The number of rotatable bonds is 3. The summed E-state index contributed by atoms with van der Waals surface area (Å²) >= 11 is 1.74. The van der Waals surface area contributed by atoms with E-state index in [1.807, 2.05) is 31.2 Å². The highest BCUT2D eigenvalue weighted by molar-refractivity contribution is 7.16. The Hall–Kier alpha value is -2.05. The van der Waals surface area contributed by atoms with E-state index in [0.29, 0.717) is 6.61 Å². The summed E-state index contributed by atoms with van der Waals surface area (Å²) in [6.07, 6.45) is 0.793. The molecule has 2 aromatic rings. The number of amides is 1. The fraction of sp³-hybridized carbons (Fsp3) is 0.389. The van der Waals surface area contributed by atoms with E-state index in [0.717, 1.165) is 41.4 Å². The van der Waals surface area contributed by atoms with Crippen LogP contribution < -0.4 is 20.3 Å². The van der Waals surface area contributed by atoms with Crippen LogP contribution in [-0.4, -0.2) is 26.1 Å². The van der Waals surface area contributed by atoms with Crippen LogP contribution in [0.5, 0.6) is 5.75 Å². The zero-order chi connectivity index (χ0) is 16.7. The van der Waals surface area contributed by atoms with Crippen LogP contribution in [0.25, 0.3) is 0 Å². The lowest BCUT2D eigenvalue weighted by molar-refractivity contribution is -0.895. The maximum atomic E-state index is 12.7. The summed E-state index contributed by atoms with van der Waals surface area (Å²) < 4.78 is 5.48. The van der Waals surface area contributed by atoms with Crippen molar-refractivity contribution in [3.8, 4) is 5.75 Å². The highest BCUT2D eigenvalue weighted by Crippen LogP contribution is 2.39. The molecule has 0 bridgehead atoms. The van der Waals surface area contributed by atoms with Gasteiger partial charge < -0.3 is 20.3 Å². The summed E-state index contributed by atoms with van der Waals surface area (Å²) in [7, 11) is 2.21. The van der Waals surface area contributed by atoms with E-state index >= 15 is 0 Å². The van der Waals surface area contributed by atoms with Crippen molar-refractivity contribution in [2.75, 3.05) is 25.5 Å². The Balaban J connectivity index is 1.61. The topological polar surface area (TPSA) is 54.8 Å². The lowest BCUT2D eigenvalue weighted by Gasteiger charge is -2.27. The predicted molar refractivity (Wildman–Crippen MR) is 94.9 cm³/mol. The molecule has 24 heavy (non-hydrogen) atoms. The average Bonchev–Trinajstić information content (AvgIpc) is 2.93. The molecule has 2 aliphatic heterocycles. The summed E-state index contributed by atoms with van der Waals surface area (Å²) in [4.78, 5) is 15.5. The average molecular weight is 344 g/mol. The second-order valence-corrected chi connectivity index (χ2v) is 7.50. The van der Waals surface area contributed by atoms with Crippen molar-refractivity contribution in [3.05, 3.63) is 45.8 Å². The first-order valence-electron chi connectivity index (χ1n) is 8.41. The molecule has 0 saturated heterocycles. The second-order valence-electron chi connectivity index (χ2n) is 6.39. The first kappa shape index (κ1) is 15.5. The zero-order valence-electron chi connectivity index (χ0n) is 13.9. The first-order chi connectivity index (χ1) is 11.7. The normalized spacial score (nSPS) is 22.2. The molecule has 1 aromatic carbocycles. The van der Waals surface area contributed by atoms with Crippen molar-refractivity contribution in [2.45, 2.75) is 26.1 Å². The van der Waals surface area contributed by atoms with Crippen molar-refractivity contribution in [2.24, 2.45) is 0 Å². The number of carbonyl (C=O) groups is 1. The summed E-state index contributed by atoms with van der Waals surface area (Å²) in [5.41, 5.74) is 3.15. The Labute approximate surface area is 145 Å². The monoisotopic (exact) mass is 344 g/mol. The van der Waals surface area contributed by atoms with Crippen molar-refractivity contribution in [1.82, 2.24) is 5.32 Å². The Morgan fingerprint density at radius 3 is 2.83 bits per heavy atom. The highest BCUT2D eigenvalue weighted by atomic mass is 32.1. The number of thiophene rings is 1. The van der Waals surface area contributed by atoms with E-state index in [4.69, 9.17) is 4.74 Å². The van der Waals surface area contributed by atoms with E-state index in [-0.39, 0.29) is 12.1 Å². The van der Waals surface area contributed by atoms with Crippen LogP contribution in [0.2, 0.25) is 0 Å². The Morgan fingerprint density at radius 2 is 2.08 bits per heavy atom. The van der Waals surface area contributed by atoms with Gasteiger partial charge in [-0.25, -0.2) is 0 Å². The molecule has 3 heterocycles.